The van der Waals surface area contributed by atoms with E-state index >= 15 is 0 Å². The van der Waals surface area contributed by atoms with Crippen LogP contribution in [0.2, 0.25) is 0 Å². The highest BCUT2D eigenvalue weighted by atomic mass is 79.9. The molecule has 0 spiro atoms. The summed E-state index contributed by atoms with van der Waals surface area (Å²) < 4.78 is 1.07. The van der Waals surface area contributed by atoms with Crippen LogP contribution in [0.5, 0.6) is 0 Å². The van der Waals surface area contributed by atoms with Gasteiger partial charge in [-0.1, -0.05) is 28.4 Å². The number of fused-ring (bicyclic) bond motifs is 1. The van der Waals surface area contributed by atoms with Crippen molar-refractivity contribution in [1.29, 1.82) is 0 Å². The Morgan fingerprint density at radius 1 is 1.33 bits per heavy atom. The maximum atomic E-state index is 12.5. The van der Waals surface area contributed by atoms with Gasteiger partial charge in [-0.2, -0.15) is 4.80 Å². The number of rotatable bonds is 2. The Bertz CT molecular complexity index is 750. The van der Waals surface area contributed by atoms with Crippen LogP contribution < -0.4 is 5.32 Å². The summed E-state index contributed by atoms with van der Waals surface area (Å²) in [5.74, 6) is -0.154. The summed E-state index contributed by atoms with van der Waals surface area (Å²) in [6.45, 7) is 5.90. The van der Waals surface area contributed by atoms with Crippen LogP contribution in [0.25, 0.3) is 0 Å². The van der Waals surface area contributed by atoms with Crippen molar-refractivity contribution in [2.75, 3.05) is 0 Å². The summed E-state index contributed by atoms with van der Waals surface area (Å²) in [6, 6.07) is 6.25. The van der Waals surface area contributed by atoms with Crippen molar-refractivity contribution in [3.63, 3.8) is 0 Å². The molecule has 0 saturated heterocycles. The molecule has 3 rings (SSSR count). The molecule has 6 nitrogen and oxygen atoms in total. The molecule has 0 aliphatic heterocycles. The number of hydrogen-bond acceptors (Lipinski definition) is 4. The zero-order valence-electron chi connectivity index (χ0n) is 14.2. The number of halogens is 1. The Labute approximate surface area is 150 Å². The highest BCUT2D eigenvalue weighted by Gasteiger charge is 2.25. The number of carbonyl (C=O) groups excluding carboxylic acids is 1. The van der Waals surface area contributed by atoms with Crippen LogP contribution in [0.4, 0.5) is 0 Å². The van der Waals surface area contributed by atoms with Gasteiger partial charge >= 0.3 is 0 Å². The molecule has 2 aromatic rings. The highest BCUT2D eigenvalue weighted by molar-refractivity contribution is 9.10. The molecule has 1 N–H and O–H groups in total. The Kier molecular flexibility index (Phi) is 4.71. The summed E-state index contributed by atoms with van der Waals surface area (Å²) in [6.07, 6.45) is 4.18. The number of aryl methyl sites for hydroxylation is 1. The van der Waals surface area contributed by atoms with Gasteiger partial charge < -0.3 is 5.32 Å². The molecule has 128 valence electrons. The Hall–Kier alpha value is -1.76. The third-order valence-electron chi connectivity index (χ3n) is 4.19. The molecule has 1 aliphatic rings. The van der Waals surface area contributed by atoms with E-state index in [4.69, 9.17) is 0 Å². The summed E-state index contributed by atoms with van der Waals surface area (Å²) in [4.78, 5) is 14.0. The van der Waals surface area contributed by atoms with E-state index < -0.39 is 0 Å². The van der Waals surface area contributed by atoms with E-state index in [2.05, 4.69) is 48.8 Å². The second-order valence-electron chi connectivity index (χ2n) is 7.19. The van der Waals surface area contributed by atoms with Crippen molar-refractivity contribution >= 4 is 21.8 Å². The number of tetrazole rings is 1. The van der Waals surface area contributed by atoms with E-state index in [1.54, 1.807) is 0 Å². The second-order valence-corrected chi connectivity index (χ2v) is 8.10. The largest absolute Gasteiger partial charge is 0.342 e. The van der Waals surface area contributed by atoms with Crippen LogP contribution >= 0.6 is 15.9 Å². The van der Waals surface area contributed by atoms with Crippen LogP contribution in [0.3, 0.4) is 0 Å². The smallest absolute Gasteiger partial charge is 0.293 e. The summed E-state index contributed by atoms with van der Waals surface area (Å²) >= 11 is 3.53. The number of hydrogen-bond donors (Lipinski definition) is 1. The lowest BCUT2D eigenvalue weighted by atomic mass is 9.99. The van der Waals surface area contributed by atoms with Gasteiger partial charge in [-0.05, 0) is 68.5 Å². The summed E-state index contributed by atoms with van der Waals surface area (Å²) in [5, 5.41) is 15.2. The number of aromatic nitrogens is 4. The molecule has 0 fully saturated rings. The Morgan fingerprint density at radius 3 is 2.83 bits per heavy atom. The van der Waals surface area contributed by atoms with Crippen molar-refractivity contribution in [1.82, 2.24) is 25.5 Å². The molecule has 1 amide bonds. The average Bonchev–Trinajstić information content (AvgIpc) is 2.93. The normalized spacial score (nSPS) is 17.9. The van der Waals surface area contributed by atoms with Gasteiger partial charge in [0, 0.05) is 4.47 Å². The molecule has 1 atom stereocenters. The predicted octanol–water partition coefficient (Wildman–Crippen LogP) is 3.39. The van der Waals surface area contributed by atoms with Gasteiger partial charge in [0.15, 0.2) is 0 Å². The van der Waals surface area contributed by atoms with E-state index in [-0.39, 0.29) is 23.3 Å². The first-order valence-corrected chi connectivity index (χ1v) is 9.03. The fraction of sp³-hybridized carbons (Fsp3) is 0.529. The van der Waals surface area contributed by atoms with E-state index in [1.165, 1.54) is 15.9 Å². The molecule has 24 heavy (non-hydrogen) atoms. The van der Waals surface area contributed by atoms with Crippen LogP contribution in [-0.2, 0) is 12.0 Å². The first-order chi connectivity index (χ1) is 11.3. The zero-order chi connectivity index (χ0) is 17.3. The lowest BCUT2D eigenvalue weighted by molar-refractivity contribution is 0.0923. The standard InChI is InChI=1S/C17H22BrN5O/c1-17(2,3)23-21-15(20-22-23)16(24)19-14-7-5-4-6-11-10-12(18)8-9-13(11)14/h8-10,14H,4-7H2,1-3H3,(H,19,24)/t14-/m1/s1. The van der Waals surface area contributed by atoms with Crippen molar-refractivity contribution in [3.05, 3.63) is 39.6 Å². The van der Waals surface area contributed by atoms with Gasteiger partial charge in [0.25, 0.3) is 11.7 Å². The van der Waals surface area contributed by atoms with E-state index in [1.807, 2.05) is 26.8 Å². The molecule has 7 heteroatoms. The molecule has 0 radical (unpaired) electrons. The van der Waals surface area contributed by atoms with Crippen molar-refractivity contribution < 1.29 is 4.79 Å². The lowest BCUT2D eigenvalue weighted by Gasteiger charge is -2.19. The second kappa shape index (κ2) is 6.63. The minimum atomic E-state index is -0.299. The molecule has 0 saturated carbocycles. The summed E-state index contributed by atoms with van der Waals surface area (Å²) in [7, 11) is 0. The molecule has 0 unspecified atom stereocenters. The summed E-state index contributed by atoms with van der Waals surface area (Å²) in [5.41, 5.74) is 2.18. The maximum Gasteiger partial charge on any atom is 0.293 e. The number of amides is 1. The molecular formula is C17H22BrN5O. The number of nitrogens with one attached hydrogen (secondary N) is 1. The first kappa shape index (κ1) is 17.1. The topological polar surface area (TPSA) is 72.7 Å². The molecule has 1 aromatic carbocycles. The number of benzene rings is 1. The van der Waals surface area contributed by atoms with Gasteiger partial charge in [-0.15, -0.1) is 10.2 Å². The van der Waals surface area contributed by atoms with Gasteiger partial charge in [0.05, 0.1) is 11.6 Å². The van der Waals surface area contributed by atoms with Crippen molar-refractivity contribution in [2.45, 2.75) is 58.0 Å². The third kappa shape index (κ3) is 3.66. The zero-order valence-corrected chi connectivity index (χ0v) is 15.8. The van der Waals surface area contributed by atoms with Crippen LogP contribution in [0, 0.1) is 0 Å². The average molecular weight is 392 g/mol. The molecule has 1 aliphatic carbocycles. The van der Waals surface area contributed by atoms with Crippen molar-refractivity contribution in [2.24, 2.45) is 0 Å². The molecule has 1 heterocycles. The fourth-order valence-electron chi connectivity index (χ4n) is 2.91. The fourth-order valence-corrected chi connectivity index (χ4v) is 3.32. The van der Waals surface area contributed by atoms with E-state index in [9.17, 15) is 4.79 Å². The van der Waals surface area contributed by atoms with E-state index in [0.29, 0.717) is 0 Å². The lowest BCUT2D eigenvalue weighted by Crippen LogP contribution is -2.30. The molecule has 1 aromatic heterocycles. The first-order valence-electron chi connectivity index (χ1n) is 8.24. The molecule has 0 bridgehead atoms. The third-order valence-corrected chi connectivity index (χ3v) is 4.68. The highest BCUT2D eigenvalue weighted by Crippen LogP contribution is 2.30. The minimum Gasteiger partial charge on any atom is -0.342 e. The van der Waals surface area contributed by atoms with Gasteiger partial charge in [-0.3, -0.25) is 4.79 Å². The van der Waals surface area contributed by atoms with Gasteiger partial charge in [0.1, 0.15) is 0 Å². The predicted molar refractivity (Wildman–Crippen MR) is 94.7 cm³/mol. The van der Waals surface area contributed by atoms with Crippen molar-refractivity contribution in [3.8, 4) is 0 Å². The Morgan fingerprint density at radius 2 is 2.12 bits per heavy atom. The van der Waals surface area contributed by atoms with Crippen LogP contribution in [0.15, 0.2) is 22.7 Å². The number of nitrogens with zero attached hydrogens (tertiary/aromatic N) is 4. The van der Waals surface area contributed by atoms with Gasteiger partial charge in [-0.25, -0.2) is 0 Å². The molecular weight excluding hydrogens is 370 g/mol. The Balaban J connectivity index is 1.81. The maximum absolute atomic E-state index is 12.5. The van der Waals surface area contributed by atoms with Gasteiger partial charge in [0.2, 0.25) is 0 Å². The monoisotopic (exact) mass is 391 g/mol. The van der Waals surface area contributed by atoms with Crippen LogP contribution in [0.1, 0.15) is 67.8 Å². The van der Waals surface area contributed by atoms with Crippen LogP contribution in [-0.4, -0.2) is 26.1 Å². The minimum absolute atomic E-state index is 0.00955. The van der Waals surface area contributed by atoms with E-state index in [0.717, 1.165) is 30.2 Å². The quantitative estimate of drug-likeness (QED) is 0.796. The SMILES string of the molecule is CC(C)(C)n1nnc(C(=O)N[C@@H]2CCCCc3cc(Br)ccc32)n1. The number of carbonyl (C=O) groups is 1.